The minimum Gasteiger partial charge on any atom is -0.228 e. The van der Waals surface area contributed by atoms with Crippen molar-refractivity contribution in [3.8, 4) is 79.2 Å². The van der Waals surface area contributed by atoms with Crippen molar-refractivity contribution in [2.75, 3.05) is 0 Å². The summed E-state index contributed by atoms with van der Waals surface area (Å²) in [5.41, 5.74) is 9.66. The zero-order valence-electron chi connectivity index (χ0n) is 28.1. The van der Waals surface area contributed by atoms with Crippen LogP contribution in [0.3, 0.4) is 0 Å². The van der Waals surface area contributed by atoms with Crippen LogP contribution in [0.15, 0.2) is 188 Å². The predicted molar refractivity (Wildman–Crippen MR) is 211 cm³/mol. The van der Waals surface area contributed by atoms with Crippen molar-refractivity contribution in [1.82, 2.24) is 24.9 Å². The van der Waals surface area contributed by atoms with Crippen LogP contribution in [0.4, 0.5) is 0 Å². The molecule has 2 aromatic heterocycles. The molecule has 0 spiro atoms. The van der Waals surface area contributed by atoms with Crippen LogP contribution < -0.4 is 0 Å². The Morgan fingerprint density at radius 2 is 0.673 bits per heavy atom. The van der Waals surface area contributed by atoms with Gasteiger partial charge in [-0.1, -0.05) is 182 Å². The highest BCUT2D eigenvalue weighted by molar-refractivity contribution is 6.03. The molecule has 0 aliphatic rings. The van der Waals surface area contributed by atoms with Gasteiger partial charge in [-0.2, -0.15) is 0 Å². The number of hydrogen-bond donors (Lipinski definition) is 0. The lowest BCUT2D eigenvalue weighted by atomic mass is 9.93. The van der Waals surface area contributed by atoms with Gasteiger partial charge in [0.1, 0.15) is 0 Å². The normalized spacial score (nSPS) is 11.1. The molecule has 0 fully saturated rings. The summed E-state index contributed by atoms with van der Waals surface area (Å²) in [4.78, 5) is 25.3. The summed E-state index contributed by atoms with van der Waals surface area (Å²) in [7, 11) is 0. The molecule has 5 heteroatoms. The molecule has 0 radical (unpaired) electrons. The molecule has 0 atom stereocenters. The second-order valence-electron chi connectivity index (χ2n) is 12.5. The van der Waals surface area contributed by atoms with Gasteiger partial charge in [-0.15, -0.1) is 0 Å². The van der Waals surface area contributed by atoms with Crippen LogP contribution in [-0.4, -0.2) is 24.9 Å². The van der Waals surface area contributed by atoms with Gasteiger partial charge in [-0.05, 0) is 28.0 Å². The Hall–Kier alpha value is -7.11. The Labute approximate surface area is 302 Å². The molecule has 0 unspecified atom stereocenters. The molecule has 9 aromatic rings. The molecule has 0 saturated carbocycles. The minimum absolute atomic E-state index is 0.620. The van der Waals surface area contributed by atoms with E-state index in [1.807, 2.05) is 97.1 Å². The Morgan fingerprint density at radius 1 is 0.269 bits per heavy atom. The first-order valence-corrected chi connectivity index (χ1v) is 17.3. The lowest BCUT2D eigenvalue weighted by molar-refractivity contribution is 1.08. The van der Waals surface area contributed by atoms with Crippen molar-refractivity contribution in [3.05, 3.63) is 188 Å². The van der Waals surface area contributed by atoms with Crippen LogP contribution in [0, 0.1) is 0 Å². The highest BCUT2D eigenvalue weighted by Crippen LogP contribution is 2.39. The second kappa shape index (κ2) is 13.7. The monoisotopic (exact) mass is 665 g/mol. The fraction of sp³-hybridized carbons (Fsp3) is 0. The van der Waals surface area contributed by atoms with E-state index in [1.165, 1.54) is 0 Å². The third-order valence-electron chi connectivity index (χ3n) is 9.17. The first-order chi connectivity index (χ1) is 25.8. The smallest absolute Gasteiger partial charge is 0.165 e. The molecule has 0 bridgehead atoms. The van der Waals surface area contributed by atoms with E-state index in [2.05, 4.69) is 91.0 Å². The predicted octanol–water partition coefficient (Wildman–Crippen LogP) is 11.5. The summed E-state index contributed by atoms with van der Waals surface area (Å²) in [6.07, 6.45) is 0. The van der Waals surface area contributed by atoms with E-state index in [-0.39, 0.29) is 0 Å². The van der Waals surface area contributed by atoms with Crippen molar-refractivity contribution in [2.45, 2.75) is 0 Å². The summed E-state index contributed by atoms with van der Waals surface area (Å²) < 4.78 is 0. The van der Waals surface area contributed by atoms with Gasteiger partial charge in [0.05, 0.1) is 11.4 Å². The highest BCUT2D eigenvalue weighted by Gasteiger charge is 2.19. The number of rotatable bonds is 7. The standard InChI is InChI=1S/C47H31N5/c1-5-16-34(17-6-1)41-31-42(35-18-7-2-8-19-35)49-44(48-41)38-27-25-33(26-28-38)40-30-29-32-15-13-14-24-39(32)43(40)47-51-45(36-20-9-3-10-21-36)50-46(52-47)37-22-11-4-12-23-37/h1-31H. The van der Waals surface area contributed by atoms with Crippen molar-refractivity contribution >= 4 is 10.8 Å². The number of benzene rings is 7. The largest absolute Gasteiger partial charge is 0.228 e. The highest BCUT2D eigenvalue weighted by atomic mass is 15.0. The zero-order valence-corrected chi connectivity index (χ0v) is 28.1. The molecule has 9 rings (SSSR count). The molecule has 52 heavy (non-hydrogen) atoms. The maximum Gasteiger partial charge on any atom is 0.165 e. The molecule has 2 heterocycles. The van der Waals surface area contributed by atoms with Crippen LogP contribution in [0.1, 0.15) is 0 Å². The molecule has 7 aromatic carbocycles. The quantitative estimate of drug-likeness (QED) is 0.169. The number of nitrogens with zero attached hydrogens (tertiary/aromatic N) is 5. The maximum absolute atomic E-state index is 5.14. The van der Waals surface area contributed by atoms with Crippen LogP contribution in [0.5, 0.6) is 0 Å². The topological polar surface area (TPSA) is 64.5 Å². The Balaban J connectivity index is 1.20. The zero-order chi connectivity index (χ0) is 34.7. The molecule has 0 aliphatic heterocycles. The summed E-state index contributed by atoms with van der Waals surface area (Å²) in [6, 6.07) is 64.0. The minimum atomic E-state index is 0.620. The summed E-state index contributed by atoms with van der Waals surface area (Å²) in [5.74, 6) is 2.55. The molecule has 0 N–H and O–H groups in total. The van der Waals surface area contributed by atoms with Crippen molar-refractivity contribution in [3.63, 3.8) is 0 Å². The van der Waals surface area contributed by atoms with Gasteiger partial charge in [0.25, 0.3) is 0 Å². The van der Waals surface area contributed by atoms with E-state index in [9.17, 15) is 0 Å². The fourth-order valence-electron chi connectivity index (χ4n) is 6.56. The molecule has 244 valence electrons. The van der Waals surface area contributed by atoms with E-state index < -0.39 is 0 Å². The Morgan fingerprint density at radius 3 is 1.21 bits per heavy atom. The third kappa shape index (κ3) is 6.12. The van der Waals surface area contributed by atoms with Gasteiger partial charge in [-0.25, -0.2) is 24.9 Å². The molecule has 0 aliphatic carbocycles. The molecular weight excluding hydrogens is 635 g/mol. The van der Waals surface area contributed by atoms with Crippen LogP contribution in [0.2, 0.25) is 0 Å². The SMILES string of the molecule is c1ccc(-c2cc(-c3ccccc3)nc(-c3ccc(-c4ccc5ccccc5c4-c4nc(-c5ccccc5)nc(-c5ccccc5)n4)cc3)n2)cc1. The Kier molecular flexibility index (Phi) is 8.12. The number of fused-ring (bicyclic) bond motifs is 1. The van der Waals surface area contributed by atoms with E-state index in [0.29, 0.717) is 23.3 Å². The molecule has 5 nitrogen and oxygen atoms in total. The summed E-state index contributed by atoms with van der Waals surface area (Å²) in [5, 5.41) is 2.18. The summed E-state index contributed by atoms with van der Waals surface area (Å²) in [6.45, 7) is 0. The van der Waals surface area contributed by atoms with Crippen molar-refractivity contribution in [2.24, 2.45) is 0 Å². The molecule has 0 amide bonds. The van der Waals surface area contributed by atoms with E-state index in [1.54, 1.807) is 0 Å². The van der Waals surface area contributed by atoms with Crippen molar-refractivity contribution < 1.29 is 0 Å². The average molecular weight is 666 g/mol. The first-order valence-electron chi connectivity index (χ1n) is 17.3. The van der Waals surface area contributed by atoms with Crippen LogP contribution >= 0.6 is 0 Å². The van der Waals surface area contributed by atoms with Gasteiger partial charge < -0.3 is 0 Å². The van der Waals surface area contributed by atoms with Gasteiger partial charge in [0.15, 0.2) is 23.3 Å². The number of aromatic nitrogens is 5. The Bertz CT molecular complexity index is 2530. The van der Waals surface area contributed by atoms with Gasteiger partial charge in [-0.3, -0.25) is 0 Å². The van der Waals surface area contributed by atoms with E-state index in [0.717, 1.165) is 66.7 Å². The fourth-order valence-corrected chi connectivity index (χ4v) is 6.56. The lowest BCUT2D eigenvalue weighted by Crippen LogP contribution is -2.01. The maximum atomic E-state index is 5.14. The summed E-state index contributed by atoms with van der Waals surface area (Å²) >= 11 is 0. The van der Waals surface area contributed by atoms with E-state index >= 15 is 0 Å². The molecule has 0 saturated heterocycles. The first kappa shape index (κ1) is 30.9. The molecular formula is C47H31N5. The third-order valence-corrected chi connectivity index (χ3v) is 9.17. The number of hydrogen-bond acceptors (Lipinski definition) is 5. The second-order valence-corrected chi connectivity index (χ2v) is 12.5. The van der Waals surface area contributed by atoms with E-state index in [4.69, 9.17) is 24.9 Å². The van der Waals surface area contributed by atoms with Crippen LogP contribution in [0.25, 0.3) is 90.0 Å². The lowest BCUT2D eigenvalue weighted by Gasteiger charge is -2.15. The van der Waals surface area contributed by atoms with Gasteiger partial charge in [0.2, 0.25) is 0 Å². The average Bonchev–Trinajstić information content (AvgIpc) is 3.24. The van der Waals surface area contributed by atoms with Crippen molar-refractivity contribution in [1.29, 1.82) is 0 Å². The van der Waals surface area contributed by atoms with Gasteiger partial charge >= 0.3 is 0 Å². The van der Waals surface area contributed by atoms with Gasteiger partial charge in [0, 0.05) is 33.4 Å². The van der Waals surface area contributed by atoms with Crippen LogP contribution in [-0.2, 0) is 0 Å².